The molecule has 2 rings (SSSR count). The Morgan fingerprint density at radius 2 is 2.05 bits per heavy atom. The largest absolute Gasteiger partial charge is 0.383 e. The maximum Gasteiger partial charge on any atom is 0.257 e. The molecule has 0 spiro atoms. The summed E-state index contributed by atoms with van der Waals surface area (Å²) < 4.78 is 0. The van der Waals surface area contributed by atoms with Gasteiger partial charge in [0.15, 0.2) is 0 Å². The smallest absolute Gasteiger partial charge is 0.257 e. The second kappa shape index (κ2) is 6.91. The van der Waals surface area contributed by atoms with Gasteiger partial charge in [-0.05, 0) is 24.6 Å². The number of benzene rings is 1. The van der Waals surface area contributed by atoms with E-state index in [1.54, 1.807) is 30.6 Å². The van der Waals surface area contributed by atoms with Crippen LogP contribution in [0, 0.1) is 0 Å². The van der Waals surface area contributed by atoms with Gasteiger partial charge >= 0.3 is 0 Å². The Kier molecular flexibility index (Phi) is 4.96. The van der Waals surface area contributed by atoms with E-state index in [1.807, 2.05) is 12.1 Å². The van der Waals surface area contributed by atoms with E-state index in [-0.39, 0.29) is 5.91 Å². The third-order valence-corrected chi connectivity index (χ3v) is 3.08. The Labute approximate surface area is 123 Å². The van der Waals surface area contributed by atoms with E-state index in [1.165, 1.54) is 0 Å². The van der Waals surface area contributed by atoms with Gasteiger partial charge in [-0.2, -0.15) is 0 Å². The van der Waals surface area contributed by atoms with Crippen LogP contribution in [0.4, 0.5) is 11.4 Å². The van der Waals surface area contributed by atoms with Gasteiger partial charge in [-0.15, -0.1) is 0 Å². The van der Waals surface area contributed by atoms with Crippen LogP contribution < -0.4 is 10.6 Å². The van der Waals surface area contributed by atoms with Crippen LogP contribution in [-0.4, -0.2) is 17.4 Å². The van der Waals surface area contributed by atoms with E-state index < -0.39 is 0 Å². The first kappa shape index (κ1) is 14.3. The highest BCUT2D eigenvalue weighted by Gasteiger charge is 2.12. The Balaban J connectivity index is 2.19. The third-order valence-electron chi connectivity index (χ3n) is 2.75. The van der Waals surface area contributed by atoms with Crippen LogP contribution in [0.25, 0.3) is 0 Å². The molecule has 2 aromatic rings. The van der Waals surface area contributed by atoms with E-state index in [0.717, 1.165) is 18.7 Å². The first-order valence-electron chi connectivity index (χ1n) is 6.46. The standard InChI is InChI=1S/C15H16ClN3O/c1-2-8-18-14-10-17-9-7-11(14)15(20)19-13-6-4-3-5-12(13)16/h3-7,9-10,18H,2,8H2,1H3,(H,19,20). The monoisotopic (exact) mass is 289 g/mol. The summed E-state index contributed by atoms with van der Waals surface area (Å²) in [4.78, 5) is 16.3. The highest BCUT2D eigenvalue weighted by atomic mass is 35.5. The van der Waals surface area contributed by atoms with Crippen LogP contribution in [0.3, 0.4) is 0 Å². The molecule has 0 bridgehead atoms. The van der Waals surface area contributed by atoms with Gasteiger partial charge in [0.05, 0.1) is 28.2 Å². The SMILES string of the molecule is CCCNc1cnccc1C(=O)Nc1ccccc1Cl. The summed E-state index contributed by atoms with van der Waals surface area (Å²) in [5.41, 5.74) is 1.87. The molecule has 0 aliphatic heterocycles. The first-order chi connectivity index (χ1) is 9.72. The van der Waals surface area contributed by atoms with Crippen molar-refractivity contribution in [3.8, 4) is 0 Å². The molecule has 20 heavy (non-hydrogen) atoms. The Morgan fingerprint density at radius 1 is 1.25 bits per heavy atom. The molecule has 0 saturated carbocycles. The van der Waals surface area contributed by atoms with Crippen LogP contribution in [0.5, 0.6) is 0 Å². The van der Waals surface area contributed by atoms with Gasteiger partial charge in [-0.3, -0.25) is 9.78 Å². The van der Waals surface area contributed by atoms with Crippen molar-refractivity contribution < 1.29 is 4.79 Å². The quantitative estimate of drug-likeness (QED) is 0.880. The summed E-state index contributed by atoms with van der Waals surface area (Å²) in [6.07, 6.45) is 4.22. The minimum atomic E-state index is -0.209. The number of hydrogen-bond acceptors (Lipinski definition) is 3. The fraction of sp³-hybridized carbons (Fsp3) is 0.200. The molecule has 104 valence electrons. The van der Waals surface area contributed by atoms with Gasteiger partial charge in [0.2, 0.25) is 0 Å². The lowest BCUT2D eigenvalue weighted by Crippen LogP contribution is -2.15. The fourth-order valence-corrected chi connectivity index (χ4v) is 1.93. The van der Waals surface area contributed by atoms with Crippen molar-refractivity contribution in [2.45, 2.75) is 13.3 Å². The lowest BCUT2D eigenvalue weighted by Gasteiger charge is -2.11. The number of halogens is 1. The van der Waals surface area contributed by atoms with Crippen LogP contribution in [0.15, 0.2) is 42.7 Å². The summed E-state index contributed by atoms with van der Waals surface area (Å²) in [7, 11) is 0. The van der Waals surface area contributed by atoms with Gasteiger partial charge in [-0.1, -0.05) is 30.7 Å². The minimum Gasteiger partial charge on any atom is -0.383 e. The second-order valence-corrected chi connectivity index (χ2v) is 4.69. The molecule has 0 aliphatic rings. The van der Waals surface area contributed by atoms with Crippen LogP contribution in [-0.2, 0) is 0 Å². The van der Waals surface area contributed by atoms with Crippen molar-refractivity contribution in [2.24, 2.45) is 0 Å². The predicted octanol–water partition coefficient (Wildman–Crippen LogP) is 3.81. The molecule has 0 radical (unpaired) electrons. The molecule has 5 heteroatoms. The molecule has 1 heterocycles. The lowest BCUT2D eigenvalue weighted by atomic mass is 10.2. The average Bonchev–Trinajstić information content (AvgIpc) is 2.47. The molecular weight excluding hydrogens is 274 g/mol. The molecule has 0 atom stereocenters. The normalized spacial score (nSPS) is 10.1. The number of anilines is 2. The number of nitrogens with zero attached hydrogens (tertiary/aromatic N) is 1. The topological polar surface area (TPSA) is 54.0 Å². The van der Waals surface area contributed by atoms with Gasteiger partial charge in [0.25, 0.3) is 5.91 Å². The van der Waals surface area contributed by atoms with E-state index in [2.05, 4.69) is 22.5 Å². The van der Waals surface area contributed by atoms with Gasteiger partial charge in [-0.25, -0.2) is 0 Å². The molecule has 1 aromatic heterocycles. The molecule has 0 unspecified atom stereocenters. The number of carbonyl (C=O) groups is 1. The number of pyridine rings is 1. The summed E-state index contributed by atoms with van der Waals surface area (Å²) in [5.74, 6) is -0.209. The average molecular weight is 290 g/mol. The van der Waals surface area contributed by atoms with Crippen LogP contribution in [0.1, 0.15) is 23.7 Å². The van der Waals surface area contributed by atoms with E-state index in [4.69, 9.17) is 11.6 Å². The molecule has 2 N–H and O–H groups in total. The van der Waals surface area contributed by atoms with E-state index in [0.29, 0.717) is 16.3 Å². The Hall–Kier alpha value is -2.07. The summed E-state index contributed by atoms with van der Waals surface area (Å²) in [6, 6.07) is 8.83. The fourth-order valence-electron chi connectivity index (χ4n) is 1.75. The van der Waals surface area contributed by atoms with Gasteiger partial charge in [0.1, 0.15) is 0 Å². The van der Waals surface area contributed by atoms with Crippen LogP contribution in [0.2, 0.25) is 5.02 Å². The highest BCUT2D eigenvalue weighted by Crippen LogP contribution is 2.22. The van der Waals surface area contributed by atoms with Crippen molar-refractivity contribution in [1.29, 1.82) is 0 Å². The van der Waals surface area contributed by atoms with Crippen LogP contribution >= 0.6 is 11.6 Å². The number of para-hydroxylation sites is 1. The van der Waals surface area contributed by atoms with Crippen molar-refractivity contribution in [1.82, 2.24) is 4.98 Å². The Bertz CT molecular complexity index is 601. The van der Waals surface area contributed by atoms with Crippen molar-refractivity contribution in [2.75, 3.05) is 17.2 Å². The minimum absolute atomic E-state index is 0.209. The van der Waals surface area contributed by atoms with Gasteiger partial charge < -0.3 is 10.6 Å². The number of carbonyl (C=O) groups excluding carboxylic acids is 1. The lowest BCUT2D eigenvalue weighted by molar-refractivity contribution is 0.102. The second-order valence-electron chi connectivity index (χ2n) is 4.28. The van der Waals surface area contributed by atoms with Crippen molar-refractivity contribution in [3.05, 3.63) is 53.3 Å². The van der Waals surface area contributed by atoms with Crippen molar-refractivity contribution in [3.63, 3.8) is 0 Å². The first-order valence-corrected chi connectivity index (χ1v) is 6.84. The zero-order chi connectivity index (χ0) is 14.4. The molecule has 0 saturated heterocycles. The number of amides is 1. The molecule has 0 aliphatic carbocycles. The molecular formula is C15H16ClN3O. The third kappa shape index (κ3) is 3.48. The van der Waals surface area contributed by atoms with E-state index in [9.17, 15) is 4.79 Å². The molecule has 1 amide bonds. The summed E-state index contributed by atoms with van der Waals surface area (Å²) >= 11 is 6.04. The Morgan fingerprint density at radius 3 is 2.80 bits per heavy atom. The number of aromatic nitrogens is 1. The maximum absolute atomic E-state index is 12.3. The number of hydrogen-bond donors (Lipinski definition) is 2. The zero-order valence-electron chi connectivity index (χ0n) is 11.2. The van der Waals surface area contributed by atoms with E-state index >= 15 is 0 Å². The number of rotatable bonds is 5. The summed E-state index contributed by atoms with van der Waals surface area (Å²) in [5, 5.41) is 6.50. The predicted molar refractivity (Wildman–Crippen MR) is 82.4 cm³/mol. The van der Waals surface area contributed by atoms with Gasteiger partial charge in [0, 0.05) is 12.7 Å². The zero-order valence-corrected chi connectivity index (χ0v) is 11.9. The summed E-state index contributed by atoms with van der Waals surface area (Å²) in [6.45, 7) is 2.85. The molecule has 0 fully saturated rings. The van der Waals surface area contributed by atoms with Crippen molar-refractivity contribution >= 4 is 28.9 Å². The maximum atomic E-state index is 12.3. The number of nitrogens with one attached hydrogen (secondary N) is 2. The highest BCUT2D eigenvalue weighted by molar-refractivity contribution is 6.34. The molecule has 1 aromatic carbocycles. The molecule has 4 nitrogen and oxygen atoms in total.